The number of hydrogen-bond acceptors (Lipinski definition) is 4. The molecule has 2 amide bonds. The number of nitrogens with zero attached hydrogens (tertiary/aromatic N) is 2. The lowest BCUT2D eigenvalue weighted by Crippen LogP contribution is -2.49. The molecule has 0 bridgehead atoms. The van der Waals surface area contributed by atoms with Gasteiger partial charge >= 0.3 is 0 Å². The van der Waals surface area contributed by atoms with Crippen LogP contribution in [0.3, 0.4) is 0 Å². The highest BCUT2D eigenvalue weighted by Gasteiger charge is 2.35. The van der Waals surface area contributed by atoms with Gasteiger partial charge in [0.1, 0.15) is 6.04 Å². The second-order valence-corrected chi connectivity index (χ2v) is 11.6. The highest BCUT2D eigenvalue weighted by atomic mass is 32.2. The van der Waals surface area contributed by atoms with Crippen molar-refractivity contribution in [2.45, 2.75) is 70.5 Å². The van der Waals surface area contributed by atoms with E-state index in [1.807, 2.05) is 69.3 Å². The average Bonchev–Trinajstić information content (AvgIpc) is 3.10. The minimum absolute atomic E-state index is 0.0102. The number of aryl methyl sites for hydroxylation is 1. The van der Waals surface area contributed by atoms with Crippen molar-refractivity contribution in [1.82, 2.24) is 10.2 Å². The highest BCUT2D eigenvalue weighted by Crippen LogP contribution is 2.42. The molecule has 8 heteroatoms. The van der Waals surface area contributed by atoms with E-state index in [1.54, 1.807) is 24.0 Å². The summed E-state index contributed by atoms with van der Waals surface area (Å²) in [6, 6.07) is 18.1. The van der Waals surface area contributed by atoms with Gasteiger partial charge in [-0.25, -0.2) is 8.42 Å². The van der Waals surface area contributed by atoms with Gasteiger partial charge in [-0.15, -0.1) is 0 Å². The van der Waals surface area contributed by atoms with Crippen molar-refractivity contribution in [2.24, 2.45) is 0 Å². The number of carbonyl (C=O) groups excluding carboxylic acids is 2. The van der Waals surface area contributed by atoms with Crippen LogP contribution in [0.2, 0.25) is 0 Å². The van der Waals surface area contributed by atoms with Gasteiger partial charge in [-0.1, -0.05) is 61.0 Å². The van der Waals surface area contributed by atoms with Crippen molar-refractivity contribution in [3.63, 3.8) is 0 Å². The fraction of sp³-hybridized carbons (Fsp3) is 0.379. The predicted molar refractivity (Wildman–Crippen MR) is 147 cm³/mol. The lowest BCUT2D eigenvalue weighted by molar-refractivity contribution is -0.140. The Labute approximate surface area is 219 Å². The van der Waals surface area contributed by atoms with E-state index in [4.69, 9.17) is 0 Å². The zero-order valence-electron chi connectivity index (χ0n) is 21.9. The number of anilines is 1. The van der Waals surface area contributed by atoms with Gasteiger partial charge in [0.05, 0.1) is 10.6 Å². The standard InChI is InChI=1S/C29H35N3O4S/c1-5-21(3)30-29(34)22(4)31(19-23-16-14-20(2)15-17-23)27(33)13-8-18-32-25-11-6-9-24-10-7-12-26(28(24)25)37(32,35)36/h6-7,9-12,14-17,21-22H,5,8,13,18-19H2,1-4H3,(H,30,34)/t21-,22-/m0/s1. The third kappa shape index (κ3) is 5.49. The number of sulfonamides is 1. The van der Waals surface area contributed by atoms with Gasteiger partial charge in [-0.2, -0.15) is 0 Å². The second-order valence-electron chi connectivity index (χ2n) is 9.81. The Balaban J connectivity index is 1.49. The Morgan fingerprint density at radius 2 is 1.68 bits per heavy atom. The number of nitrogens with one attached hydrogen (secondary N) is 1. The molecular weight excluding hydrogens is 486 g/mol. The van der Waals surface area contributed by atoms with E-state index in [9.17, 15) is 18.0 Å². The van der Waals surface area contributed by atoms with Crippen LogP contribution in [-0.4, -0.2) is 43.8 Å². The van der Waals surface area contributed by atoms with Crippen LogP contribution in [0.4, 0.5) is 5.69 Å². The zero-order chi connectivity index (χ0) is 26.7. The van der Waals surface area contributed by atoms with E-state index in [2.05, 4.69) is 5.32 Å². The summed E-state index contributed by atoms with van der Waals surface area (Å²) in [6.07, 6.45) is 1.27. The molecule has 0 spiro atoms. The van der Waals surface area contributed by atoms with Crippen molar-refractivity contribution in [1.29, 1.82) is 0 Å². The van der Waals surface area contributed by atoms with Crippen LogP contribution in [0.5, 0.6) is 0 Å². The molecule has 0 saturated heterocycles. The van der Waals surface area contributed by atoms with Crippen molar-refractivity contribution >= 4 is 38.3 Å². The Morgan fingerprint density at radius 1 is 1.00 bits per heavy atom. The van der Waals surface area contributed by atoms with Crippen molar-refractivity contribution in [3.05, 3.63) is 71.8 Å². The minimum Gasteiger partial charge on any atom is -0.352 e. The zero-order valence-corrected chi connectivity index (χ0v) is 22.7. The molecule has 0 aliphatic carbocycles. The summed E-state index contributed by atoms with van der Waals surface area (Å²) < 4.78 is 27.9. The molecule has 0 fully saturated rings. The van der Waals surface area contributed by atoms with Gasteiger partial charge in [-0.05, 0) is 56.7 Å². The topological polar surface area (TPSA) is 86.8 Å². The van der Waals surface area contributed by atoms with Gasteiger partial charge < -0.3 is 10.2 Å². The lowest BCUT2D eigenvalue weighted by atomic mass is 10.1. The Bertz CT molecular complexity index is 1400. The van der Waals surface area contributed by atoms with Crippen LogP contribution in [-0.2, 0) is 26.2 Å². The summed E-state index contributed by atoms with van der Waals surface area (Å²) in [5.41, 5.74) is 2.71. The molecule has 1 heterocycles. The average molecular weight is 522 g/mol. The maximum Gasteiger partial charge on any atom is 0.265 e. The Hall–Kier alpha value is -3.39. The quantitative estimate of drug-likeness (QED) is 0.416. The molecule has 3 aromatic rings. The number of rotatable bonds is 10. The van der Waals surface area contributed by atoms with E-state index < -0.39 is 16.1 Å². The smallest absolute Gasteiger partial charge is 0.265 e. The SMILES string of the molecule is CC[C@H](C)NC(=O)[C@H](C)N(Cc1ccc(C)cc1)C(=O)CCCN1c2cccc3cccc(c23)S1(=O)=O. The Morgan fingerprint density at radius 3 is 2.35 bits per heavy atom. The predicted octanol–water partition coefficient (Wildman–Crippen LogP) is 4.77. The number of hydrogen-bond donors (Lipinski definition) is 1. The van der Waals surface area contributed by atoms with E-state index in [0.717, 1.165) is 28.3 Å². The molecule has 3 aromatic carbocycles. The summed E-state index contributed by atoms with van der Waals surface area (Å²) in [5.74, 6) is -0.376. The van der Waals surface area contributed by atoms with Crippen molar-refractivity contribution in [3.8, 4) is 0 Å². The van der Waals surface area contributed by atoms with Gasteiger partial charge in [0.2, 0.25) is 11.8 Å². The van der Waals surface area contributed by atoms with Crippen LogP contribution >= 0.6 is 0 Å². The van der Waals surface area contributed by atoms with Crippen LogP contribution in [0.25, 0.3) is 10.8 Å². The van der Waals surface area contributed by atoms with E-state index in [-0.39, 0.29) is 30.8 Å². The first kappa shape index (κ1) is 26.7. The van der Waals surface area contributed by atoms with Crippen LogP contribution in [0, 0.1) is 6.92 Å². The molecule has 2 atom stereocenters. The van der Waals surface area contributed by atoms with E-state index in [1.165, 1.54) is 4.31 Å². The van der Waals surface area contributed by atoms with Crippen molar-refractivity contribution < 1.29 is 18.0 Å². The number of amides is 2. The molecule has 1 aliphatic heterocycles. The molecule has 196 valence electrons. The highest BCUT2D eigenvalue weighted by molar-refractivity contribution is 7.93. The van der Waals surface area contributed by atoms with Crippen molar-refractivity contribution in [2.75, 3.05) is 10.8 Å². The largest absolute Gasteiger partial charge is 0.352 e. The molecule has 1 N–H and O–H groups in total. The van der Waals surface area contributed by atoms with Gasteiger partial charge in [0.25, 0.3) is 10.0 Å². The monoisotopic (exact) mass is 521 g/mol. The molecule has 0 aromatic heterocycles. The number of benzene rings is 3. The van der Waals surface area contributed by atoms with Crippen LogP contribution in [0.1, 0.15) is 51.2 Å². The van der Waals surface area contributed by atoms with E-state index in [0.29, 0.717) is 23.5 Å². The van der Waals surface area contributed by atoms with E-state index >= 15 is 0 Å². The van der Waals surface area contributed by atoms with Gasteiger partial charge in [0.15, 0.2) is 0 Å². The second kappa shape index (κ2) is 10.9. The van der Waals surface area contributed by atoms with Gasteiger partial charge in [-0.3, -0.25) is 13.9 Å². The molecule has 0 radical (unpaired) electrons. The molecule has 4 rings (SSSR count). The normalized spacial score (nSPS) is 15.4. The molecular formula is C29H35N3O4S. The number of carbonyl (C=O) groups is 2. The minimum atomic E-state index is -3.67. The first-order valence-corrected chi connectivity index (χ1v) is 14.3. The fourth-order valence-corrected chi connectivity index (χ4v) is 6.40. The summed E-state index contributed by atoms with van der Waals surface area (Å²) in [4.78, 5) is 28.3. The first-order valence-electron chi connectivity index (χ1n) is 12.8. The Kier molecular flexibility index (Phi) is 7.87. The van der Waals surface area contributed by atoms with Crippen LogP contribution < -0.4 is 9.62 Å². The lowest BCUT2D eigenvalue weighted by Gasteiger charge is -2.30. The maximum atomic E-state index is 13.4. The summed E-state index contributed by atoms with van der Waals surface area (Å²) >= 11 is 0. The summed E-state index contributed by atoms with van der Waals surface area (Å²) in [6.45, 7) is 8.17. The summed E-state index contributed by atoms with van der Waals surface area (Å²) in [5, 5.41) is 4.58. The van der Waals surface area contributed by atoms with Crippen LogP contribution in [0.15, 0.2) is 65.6 Å². The third-order valence-electron chi connectivity index (χ3n) is 7.07. The first-order chi connectivity index (χ1) is 17.6. The fourth-order valence-electron chi connectivity index (χ4n) is 4.65. The molecule has 37 heavy (non-hydrogen) atoms. The molecule has 7 nitrogen and oxygen atoms in total. The molecule has 0 saturated carbocycles. The molecule has 0 unspecified atom stereocenters. The maximum absolute atomic E-state index is 13.4. The third-order valence-corrected chi connectivity index (χ3v) is 8.93. The van der Waals surface area contributed by atoms with Gasteiger partial charge in [0, 0.05) is 30.9 Å². The summed E-state index contributed by atoms with van der Waals surface area (Å²) in [7, 11) is -3.67. The molecule has 1 aliphatic rings.